The Morgan fingerprint density at radius 1 is 1.07 bits per heavy atom. The summed E-state index contributed by atoms with van der Waals surface area (Å²) in [5, 5.41) is 2.92. The largest absolute Gasteiger partial charge is 0.350 e. The van der Waals surface area contributed by atoms with Crippen LogP contribution in [0.3, 0.4) is 0 Å². The normalized spacial score (nSPS) is 12.5. The van der Waals surface area contributed by atoms with Gasteiger partial charge in [-0.1, -0.05) is 25.1 Å². The van der Waals surface area contributed by atoms with E-state index in [4.69, 9.17) is 0 Å². The minimum atomic E-state index is -3.44. The Bertz CT molecular complexity index is 885. The van der Waals surface area contributed by atoms with E-state index in [0.29, 0.717) is 11.3 Å². The molecule has 0 saturated heterocycles. The maximum atomic E-state index is 12.4. The molecule has 0 fully saturated rings. The first-order chi connectivity index (χ1) is 12.6. The summed E-state index contributed by atoms with van der Waals surface area (Å²) in [5.74, 6) is -0.120. The molecule has 1 unspecified atom stereocenters. The van der Waals surface area contributed by atoms with Crippen molar-refractivity contribution >= 4 is 21.6 Å². The predicted octanol–water partition coefficient (Wildman–Crippen LogP) is 3.80. The Balaban J connectivity index is 2.25. The number of hydrogen-bond acceptors (Lipinski definition) is 3. The number of carbonyl (C=O) groups excluding carboxylic acids is 1. The van der Waals surface area contributed by atoms with Crippen molar-refractivity contribution in [2.24, 2.45) is 0 Å². The number of rotatable bonds is 7. The molecule has 0 aliphatic carbocycles. The number of carbonyl (C=O) groups is 1. The molecule has 1 atom stereocenters. The van der Waals surface area contributed by atoms with Gasteiger partial charge in [-0.2, -0.15) is 0 Å². The fourth-order valence-electron chi connectivity index (χ4n) is 2.83. The van der Waals surface area contributed by atoms with Gasteiger partial charge in [-0.25, -0.2) is 8.42 Å². The SMILES string of the molecule is CCC(C)NC(=O)c1ccc(CN(c2cc(C)cc(C)c2)S(C)(=O)=O)cc1. The van der Waals surface area contributed by atoms with E-state index in [9.17, 15) is 13.2 Å². The second-order valence-electron chi connectivity index (χ2n) is 7.10. The summed E-state index contributed by atoms with van der Waals surface area (Å²) in [6.07, 6.45) is 2.07. The lowest BCUT2D eigenvalue weighted by atomic mass is 10.1. The molecule has 0 aliphatic rings. The third kappa shape index (κ3) is 5.82. The molecule has 0 aliphatic heterocycles. The van der Waals surface area contributed by atoms with Crippen molar-refractivity contribution < 1.29 is 13.2 Å². The van der Waals surface area contributed by atoms with Crippen molar-refractivity contribution in [2.45, 2.75) is 46.7 Å². The van der Waals surface area contributed by atoms with Crippen LogP contribution in [0.4, 0.5) is 5.69 Å². The number of amides is 1. The Labute approximate surface area is 162 Å². The molecule has 1 amide bonds. The predicted molar refractivity (Wildman–Crippen MR) is 111 cm³/mol. The number of nitrogens with one attached hydrogen (secondary N) is 1. The van der Waals surface area contributed by atoms with Crippen LogP contribution in [0.25, 0.3) is 0 Å². The summed E-state index contributed by atoms with van der Waals surface area (Å²) in [7, 11) is -3.44. The highest BCUT2D eigenvalue weighted by atomic mass is 32.2. The molecular formula is C21H28N2O3S. The van der Waals surface area contributed by atoms with E-state index in [1.54, 1.807) is 24.3 Å². The molecule has 0 bridgehead atoms. The lowest BCUT2D eigenvalue weighted by Gasteiger charge is -2.23. The van der Waals surface area contributed by atoms with E-state index < -0.39 is 10.0 Å². The Morgan fingerprint density at radius 3 is 2.11 bits per heavy atom. The van der Waals surface area contributed by atoms with Gasteiger partial charge in [-0.05, 0) is 68.1 Å². The number of benzene rings is 2. The standard InChI is InChI=1S/C21H28N2O3S/c1-6-17(4)22-21(24)19-9-7-18(8-10-19)14-23(27(5,25)26)20-12-15(2)11-16(3)13-20/h7-13,17H,6,14H2,1-5H3,(H,22,24). The van der Waals surface area contributed by atoms with Crippen LogP contribution in [0.1, 0.15) is 47.3 Å². The Morgan fingerprint density at radius 2 is 1.63 bits per heavy atom. The average Bonchev–Trinajstić information content (AvgIpc) is 2.58. The first-order valence-electron chi connectivity index (χ1n) is 9.06. The van der Waals surface area contributed by atoms with Crippen LogP contribution < -0.4 is 9.62 Å². The van der Waals surface area contributed by atoms with Crippen molar-refractivity contribution in [2.75, 3.05) is 10.6 Å². The molecule has 2 rings (SSSR count). The molecule has 27 heavy (non-hydrogen) atoms. The van der Waals surface area contributed by atoms with Crippen molar-refractivity contribution in [1.29, 1.82) is 0 Å². The van der Waals surface area contributed by atoms with Gasteiger partial charge in [-0.15, -0.1) is 0 Å². The van der Waals surface area contributed by atoms with Crippen LogP contribution in [0.5, 0.6) is 0 Å². The summed E-state index contributed by atoms with van der Waals surface area (Å²) in [4.78, 5) is 12.2. The molecule has 0 radical (unpaired) electrons. The van der Waals surface area contributed by atoms with Gasteiger partial charge in [0.25, 0.3) is 5.91 Å². The van der Waals surface area contributed by atoms with Crippen molar-refractivity contribution in [1.82, 2.24) is 5.32 Å². The molecule has 146 valence electrons. The topological polar surface area (TPSA) is 66.5 Å². The van der Waals surface area contributed by atoms with E-state index >= 15 is 0 Å². The summed E-state index contributed by atoms with van der Waals surface area (Å²) in [5.41, 5.74) is 4.05. The van der Waals surface area contributed by atoms with Crippen molar-refractivity contribution in [3.8, 4) is 0 Å². The molecule has 2 aromatic carbocycles. The zero-order valence-corrected chi connectivity index (χ0v) is 17.4. The van der Waals surface area contributed by atoms with Crippen molar-refractivity contribution in [3.63, 3.8) is 0 Å². The highest BCUT2D eigenvalue weighted by Crippen LogP contribution is 2.23. The van der Waals surface area contributed by atoms with Crippen molar-refractivity contribution in [3.05, 3.63) is 64.7 Å². The van der Waals surface area contributed by atoms with Gasteiger partial charge in [0, 0.05) is 11.6 Å². The number of nitrogens with zero attached hydrogens (tertiary/aromatic N) is 1. The second-order valence-corrected chi connectivity index (χ2v) is 9.00. The van der Waals surface area contributed by atoms with Crippen LogP contribution >= 0.6 is 0 Å². The van der Waals surface area contributed by atoms with Crippen LogP contribution in [0.2, 0.25) is 0 Å². The van der Waals surface area contributed by atoms with Crippen LogP contribution in [0.15, 0.2) is 42.5 Å². The molecule has 6 heteroatoms. The summed E-state index contributed by atoms with van der Waals surface area (Å²) in [6, 6.07) is 12.9. The van der Waals surface area contributed by atoms with E-state index in [1.165, 1.54) is 10.6 Å². The number of sulfonamides is 1. The Hall–Kier alpha value is -2.34. The highest BCUT2D eigenvalue weighted by Gasteiger charge is 2.19. The summed E-state index contributed by atoms with van der Waals surface area (Å²) < 4.78 is 26.1. The fraction of sp³-hybridized carbons (Fsp3) is 0.381. The molecule has 0 heterocycles. The van der Waals surface area contributed by atoms with Gasteiger partial charge in [0.1, 0.15) is 0 Å². The third-order valence-corrected chi connectivity index (χ3v) is 5.57. The quantitative estimate of drug-likeness (QED) is 0.785. The Kier molecular flexibility index (Phi) is 6.65. The van der Waals surface area contributed by atoms with Gasteiger partial charge >= 0.3 is 0 Å². The fourth-order valence-corrected chi connectivity index (χ4v) is 3.70. The minimum absolute atomic E-state index is 0.113. The summed E-state index contributed by atoms with van der Waals surface area (Å²) in [6.45, 7) is 8.08. The van der Waals surface area contributed by atoms with Gasteiger partial charge in [0.15, 0.2) is 0 Å². The third-order valence-electron chi connectivity index (χ3n) is 4.43. The van der Waals surface area contributed by atoms with E-state index in [1.807, 2.05) is 45.9 Å². The zero-order chi connectivity index (χ0) is 20.2. The number of hydrogen-bond donors (Lipinski definition) is 1. The minimum Gasteiger partial charge on any atom is -0.350 e. The monoisotopic (exact) mass is 388 g/mol. The lowest BCUT2D eigenvalue weighted by Crippen LogP contribution is -2.32. The van der Waals surface area contributed by atoms with Crippen LogP contribution in [0, 0.1) is 13.8 Å². The zero-order valence-electron chi connectivity index (χ0n) is 16.6. The van der Waals surface area contributed by atoms with Crippen LogP contribution in [-0.4, -0.2) is 26.6 Å². The smallest absolute Gasteiger partial charge is 0.251 e. The molecule has 0 spiro atoms. The van der Waals surface area contributed by atoms with Gasteiger partial charge in [0.05, 0.1) is 18.5 Å². The number of anilines is 1. The molecule has 2 aromatic rings. The molecular weight excluding hydrogens is 360 g/mol. The maximum Gasteiger partial charge on any atom is 0.251 e. The maximum absolute atomic E-state index is 12.4. The number of aryl methyl sites for hydroxylation is 2. The lowest BCUT2D eigenvalue weighted by molar-refractivity contribution is 0.0939. The second kappa shape index (κ2) is 8.57. The van der Waals surface area contributed by atoms with E-state index in [-0.39, 0.29) is 18.5 Å². The van der Waals surface area contributed by atoms with Gasteiger partial charge in [0.2, 0.25) is 10.0 Å². The molecule has 1 N–H and O–H groups in total. The van der Waals surface area contributed by atoms with Gasteiger partial charge in [-0.3, -0.25) is 9.10 Å². The summed E-state index contributed by atoms with van der Waals surface area (Å²) >= 11 is 0. The first kappa shape index (κ1) is 21.0. The highest BCUT2D eigenvalue weighted by molar-refractivity contribution is 7.92. The molecule has 0 aromatic heterocycles. The average molecular weight is 389 g/mol. The van der Waals surface area contributed by atoms with E-state index in [0.717, 1.165) is 23.1 Å². The molecule has 0 saturated carbocycles. The molecule has 5 nitrogen and oxygen atoms in total. The van der Waals surface area contributed by atoms with Crippen LogP contribution in [-0.2, 0) is 16.6 Å². The van der Waals surface area contributed by atoms with Gasteiger partial charge < -0.3 is 5.32 Å². The first-order valence-corrected chi connectivity index (χ1v) is 10.9. The van der Waals surface area contributed by atoms with E-state index in [2.05, 4.69) is 5.32 Å².